The fourth-order valence-electron chi connectivity index (χ4n) is 3.07. The Kier molecular flexibility index (Phi) is 8.11. The van der Waals surface area contributed by atoms with Gasteiger partial charge in [-0.2, -0.15) is 0 Å². The van der Waals surface area contributed by atoms with E-state index < -0.39 is 0 Å². The van der Waals surface area contributed by atoms with Crippen molar-refractivity contribution in [2.45, 2.75) is 13.0 Å². The second-order valence-electron chi connectivity index (χ2n) is 6.84. The Morgan fingerprint density at radius 2 is 2.00 bits per heavy atom. The van der Waals surface area contributed by atoms with Gasteiger partial charge in [-0.3, -0.25) is 0 Å². The zero-order valence-electron chi connectivity index (χ0n) is 17.7. The van der Waals surface area contributed by atoms with Crippen molar-refractivity contribution in [3.8, 4) is 11.5 Å². The van der Waals surface area contributed by atoms with E-state index in [4.69, 9.17) is 38.4 Å². The van der Waals surface area contributed by atoms with Gasteiger partial charge in [0.1, 0.15) is 18.8 Å². The lowest BCUT2D eigenvalue weighted by atomic mass is 10.2. The van der Waals surface area contributed by atoms with E-state index in [1.54, 1.807) is 42.3 Å². The summed E-state index contributed by atoms with van der Waals surface area (Å²) in [6, 6.07) is 8.97. The predicted octanol–water partition coefficient (Wildman–Crippen LogP) is 5.92. The molecule has 2 aromatic carbocycles. The van der Waals surface area contributed by atoms with Crippen LogP contribution in [0.25, 0.3) is 10.9 Å². The second-order valence-corrected chi connectivity index (χ2v) is 9.75. The number of thioether (sulfide) groups is 1. The summed E-state index contributed by atoms with van der Waals surface area (Å²) in [5, 5.41) is 8.06. The van der Waals surface area contributed by atoms with E-state index in [-0.39, 0.29) is 0 Å². The minimum absolute atomic E-state index is 0.335. The SMILES string of the molecule is COc1cc2c(Nc3ccc(Cl)c(Cl)c3)ncnc2cc1OCc1csc(CCSCN)n1. The van der Waals surface area contributed by atoms with E-state index >= 15 is 0 Å². The van der Waals surface area contributed by atoms with E-state index in [0.717, 1.165) is 33.9 Å². The molecule has 172 valence electrons. The number of rotatable bonds is 10. The van der Waals surface area contributed by atoms with Crippen molar-refractivity contribution in [2.24, 2.45) is 5.73 Å². The number of hydrogen-bond donors (Lipinski definition) is 2. The predicted molar refractivity (Wildman–Crippen MR) is 137 cm³/mol. The molecule has 11 heteroatoms. The molecule has 0 radical (unpaired) electrons. The maximum Gasteiger partial charge on any atom is 0.163 e. The molecule has 33 heavy (non-hydrogen) atoms. The molecule has 7 nitrogen and oxygen atoms in total. The van der Waals surface area contributed by atoms with Crippen molar-refractivity contribution >= 4 is 68.7 Å². The lowest BCUT2D eigenvalue weighted by Crippen LogP contribution is -2.01. The number of ether oxygens (including phenoxy) is 2. The third kappa shape index (κ3) is 5.99. The van der Waals surface area contributed by atoms with Gasteiger partial charge in [0.2, 0.25) is 0 Å². The second kappa shape index (κ2) is 11.2. The summed E-state index contributed by atoms with van der Waals surface area (Å²) in [7, 11) is 1.60. The van der Waals surface area contributed by atoms with E-state index in [1.165, 1.54) is 6.33 Å². The zero-order valence-corrected chi connectivity index (χ0v) is 20.8. The fourth-order valence-corrected chi connectivity index (χ4v) is 4.79. The maximum absolute atomic E-state index is 6.13. The zero-order chi connectivity index (χ0) is 23.2. The number of aromatic nitrogens is 3. The number of benzene rings is 2. The summed E-state index contributed by atoms with van der Waals surface area (Å²) in [5.41, 5.74) is 7.87. The smallest absolute Gasteiger partial charge is 0.163 e. The molecule has 0 amide bonds. The number of halogens is 2. The van der Waals surface area contributed by atoms with Crippen LogP contribution in [0.5, 0.6) is 11.5 Å². The van der Waals surface area contributed by atoms with Gasteiger partial charge < -0.3 is 20.5 Å². The number of methoxy groups -OCH3 is 1. The highest BCUT2D eigenvalue weighted by molar-refractivity contribution is 7.99. The van der Waals surface area contributed by atoms with Gasteiger partial charge in [0.05, 0.1) is 33.4 Å². The van der Waals surface area contributed by atoms with Gasteiger partial charge in [-0.1, -0.05) is 23.2 Å². The molecule has 4 aromatic rings. The Hall–Kier alpha value is -2.30. The van der Waals surface area contributed by atoms with E-state index in [9.17, 15) is 0 Å². The normalized spacial score (nSPS) is 11.0. The molecule has 0 saturated carbocycles. The van der Waals surface area contributed by atoms with Crippen LogP contribution in [-0.4, -0.2) is 33.7 Å². The van der Waals surface area contributed by atoms with Crippen LogP contribution < -0.4 is 20.5 Å². The minimum Gasteiger partial charge on any atom is -0.493 e. The van der Waals surface area contributed by atoms with Gasteiger partial charge in [-0.15, -0.1) is 23.1 Å². The van der Waals surface area contributed by atoms with Crippen LogP contribution >= 0.6 is 46.3 Å². The Morgan fingerprint density at radius 1 is 1.12 bits per heavy atom. The van der Waals surface area contributed by atoms with Gasteiger partial charge in [-0.05, 0) is 24.3 Å². The molecule has 0 fully saturated rings. The number of hydrogen-bond acceptors (Lipinski definition) is 9. The molecule has 4 rings (SSSR count). The summed E-state index contributed by atoms with van der Waals surface area (Å²) >= 11 is 15.5. The summed E-state index contributed by atoms with van der Waals surface area (Å²) in [6.45, 7) is 0.335. The Balaban J connectivity index is 1.53. The Labute approximate surface area is 209 Å². The van der Waals surface area contributed by atoms with Crippen molar-refractivity contribution in [1.29, 1.82) is 0 Å². The van der Waals surface area contributed by atoms with Crippen molar-refractivity contribution in [1.82, 2.24) is 15.0 Å². The van der Waals surface area contributed by atoms with Crippen LogP contribution in [-0.2, 0) is 13.0 Å². The van der Waals surface area contributed by atoms with E-state index in [2.05, 4.69) is 20.3 Å². The number of thiazole rings is 1. The summed E-state index contributed by atoms with van der Waals surface area (Å²) in [6.07, 6.45) is 2.39. The number of anilines is 2. The molecule has 0 aliphatic carbocycles. The van der Waals surface area contributed by atoms with E-state index in [0.29, 0.717) is 45.4 Å². The van der Waals surface area contributed by atoms with Gasteiger partial charge in [0, 0.05) is 40.6 Å². The summed E-state index contributed by atoms with van der Waals surface area (Å²) in [5.74, 6) is 3.35. The molecule has 3 N–H and O–H groups in total. The van der Waals surface area contributed by atoms with Gasteiger partial charge in [-0.25, -0.2) is 15.0 Å². The lowest BCUT2D eigenvalue weighted by Gasteiger charge is -2.13. The summed E-state index contributed by atoms with van der Waals surface area (Å²) < 4.78 is 11.6. The standard InChI is InChI=1S/C22H21Cl2N5O2S2/c1-30-19-7-15-18(26-12-27-22(15)29-13-2-3-16(23)17(24)6-13)8-20(19)31-9-14-10-33-21(28-14)4-5-32-11-25/h2-3,6-8,10,12H,4-5,9,11,25H2,1H3,(H,26,27,29). The number of nitrogens with two attached hydrogens (primary N) is 1. The quantitative estimate of drug-likeness (QED) is 0.196. The van der Waals surface area contributed by atoms with Crippen LogP contribution in [0.2, 0.25) is 10.0 Å². The van der Waals surface area contributed by atoms with Gasteiger partial charge in [0.25, 0.3) is 0 Å². The van der Waals surface area contributed by atoms with Gasteiger partial charge >= 0.3 is 0 Å². The summed E-state index contributed by atoms with van der Waals surface area (Å²) in [4.78, 5) is 13.4. The fraction of sp³-hybridized carbons (Fsp3) is 0.227. The van der Waals surface area contributed by atoms with Crippen LogP contribution in [0.15, 0.2) is 42.0 Å². The molecule has 0 spiro atoms. The average Bonchev–Trinajstić information content (AvgIpc) is 3.27. The molecule has 0 saturated heterocycles. The molecule has 2 heterocycles. The van der Waals surface area contributed by atoms with Crippen LogP contribution in [0.1, 0.15) is 10.7 Å². The largest absolute Gasteiger partial charge is 0.493 e. The lowest BCUT2D eigenvalue weighted by molar-refractivity contribution is 0.281. The van der Waals surface area contributed by atoms with Crippen LogP contribution in [0.4, 0.5) is 11.5 Å². The molecule has 2 aromatic heterocycles. The maximum atomic E-state index is 6.13. The van der Waals surface area contributed by atoms with Crippen molar-refractivity contribution in [3.05, 3.63) is 62.8 Å². The minimum atomic E-state index is 0.335. The third-order valence-electron chi connectivity index (χ3n) is 4.66. The Bertz CT molecular complexity index is 1250. The van der Waals surface area contributed by atoms with Crippen molar-refractivity contribution in [3.63, 3.8) is 0 Å². The first-order chi connectivity index (χ1) is 16.1. The molecular weight excluding hydrogens is 501 g/mol. The highest BCUT2D eigenvalue weighted by Crippen LogP contribution is 2.36. The van der Waals surface area contributed by atoms with Gasteiger partial charge in [0.15, 0.2) is 11.5 Å². The Morgan fingerprint density at radius 3 is 2.79 bits per heavy atom. The molecule has 0 aliphatic heterocycles. The van der Waals surface area contributed by atoms with Crippen molar-refractivity contribution < 1.29 is 9.47 Å². The average molecular weight is 522 g/mol. The first-order valence-electron chi connectivity index (χ1n) is 9.96. The topological polar surface area (TPSA) is 95.2 Å². The third-order valence-corrected chi connectivity index (χ3v) is 7.08. The first-order valence-corrected chi connectivity index (χ1v) is 12.7. The number of nitrogens with zero attached hydrogens (tertiary/aromatic N) is 3. The molecular formula is C22H21Cl2N5O2S2. The van der Waals surface area contributed by atoms with Crippen molar-refractivity contribution in [2.75, 3.05) is 24.1 Å². The van der Waals surface area contributed by atoms with Crippen LogP contribution in [0, 0.1) is 0 Å². The van der Waals surface area contributed by atoms with Crippen LogP contribution in [0.3, 0.4) is 0 Å². The molecule has 0 aliphatic rings. The monoisotopic (exact) mass is 521 g/mol. The molecule has 0 unspecified atom stereocenters. The number of fused-ring (bicyclic) bond motifs is 1. The first kappa shape index (κ1) is 23.8. The van der Waals surface area contributed by atoms with E-state index in [1.807, 2.05) is 23.6 Å². The highest BCUT2D eigenvalue weighted by Gasteiger charge is 2.13. The highest BCUT2D eigenvalue weighted by atomic mass is 35.5. The number of nitrogens with one attached hydrogen (secondary N) is 1. The number of aryl methyl sites for hydroxylation is 1. The molecule has 0 atom stereocenters. The molecule has 0 bridgehead atoms.